The second-order valence-electron chi connectivity index (χ2n) is 9.22. The van der Waals surface area contributed by atoms with Crippen LogP contribution in [0.15, 0.2) is 91.0 Å². The lowest BCUT2D eigenvalue weighted by Gasteiger charge is -2.24. The summed E-state index contributed by atoms with van der Waals surface area (Å²) in [6.45, 7) is 0.621. The summed E-state index contributed by atoms with van der Waals surface area (Å²) in [5.41, 5.74) is 5.34. The minimum absolute atomic E-state index is 0.0821. The summed E-state index contributed by atoms with van der Waals surface area (Å²) in [5, 5.41) is 3.10. The van der Waals surface area contributed by atoms with Gasteiger partial charge in [0.25, 0.3) is 0 Å². The first kappa shape index (κ1) is 21.4. The number of nitrogens with zero attached hydrogens (tertiary/aromatic N) is 1. The van der Waals surface area contributed by atoms with E-state index < -0.39 is 5.97 Å². The van der Waals surface area contributed by atoms with Crippen LogP contribution in [0.25, 0.3) is 21.7 Å². The molecule has 35 heavy (non-hydrogen) atoms. The molecule has 0 saturated heterocycles. The topological polar surface area (TPSA) is 48.3 Å². The summed E-state index contributed by atoms with van der Waals surface area (Å²) in [6, 6.07) is 30.7. The van der Waals surface area contributed by atoms with Gasteiger partial charge in [-0.15, -0.1) is 0 Å². The van der Waals surface area contributed by atoms with Gasteiger partial charge in [0.2, 0.25) is 0 Å². The lowest BCUT2D eigenvalue weighted by atomic mass is 9.81. The molecule has 1 unspecified atom stereocenters. The second kappa shape index (κ2) is 8.55. The predicted octanol–water partition coefficient (Wildman–Crippen LogP) is 6.54. The summed E-state index contributed by atoms with van der Waals surface area (Å²) >= 11 is 0. The van der Waals surface area contributed by atoms with Gasteiger partial charge in [0.15, 0.2) is 5.78 Å². The number of carbonyl (C=O) groups is 2. The number of methoxy groups -OCH3 is 1. The maximum absolute atomic E-state index is 13.6. The van der Waals surface area contributed by atoms with E-state index in [9.17, 15) is 9.59 Å². The van der Waals surface area contributed by atoms with Crippen molar-refractivity contribution < 1.29 is 14.3 Å². The van der Waals surface area contributed by atoms with Crippen LogP contribution >= 0.6 is 0 Å². The van der Waals surface area contributed by atoms with Crippen molar-refractivity contribution in [1.82, 2.24) is 4.57 Å². The van der Waals surface area contributed by atoms with Crippen LogP contribution in [0, 0.1) is 0 Å². The number of carbonyl (C=O) groups excluding carboxylic acids is 2. The van der Waals surface area contributed by atoms with Crippen LogP contribution in [0.5, 0.6) is 0 Å². The molecule has 4 heteroatoms. The molecule has 0 bridgehead atoms. The van der Waals surface area contributed by atoms with E-state index in [0.29, 0.717) is 29.5 Å². The van der Waals surface area contributed by atoms with Crippen molar-refractivity contribution >= 4 is 33.4 Å². The molecule has 172 valence electrons. The second-order valence-corrected chi connectivity index (χ2v) is 9.22. The van der Waals surface area contributed by atoms with Crippen LogP contribution in [-0.4, -0.2) is 23.4 Å². The van der Waals surface area contributed by atoms with Gasteiger partial charge in [0.05, 0.1) is 18.2 Å². The zero-order chi connectivity index (χ0) is 23.9. The number of hydrogen-bond acceptors (Lipinski definition) is 3. The largest absolute Gasteiger partial charge is 0.465 e. The van der Waals surface area contributed by atoms with Crippen molar-refractivity contribution in [2.75, 3.05) is 7.11 Å². The number of esters is 1. The fraction of sp³-hybridized carbons (Fsp3) is 0.161. The molecule has 4 aromatic carbocycles. The van der Waals surface area contributed by atoms with Gasteiger partial charge >= 0.3 is 5.97 Å². The average Bonchev–Trinajstić information content (AvgIpc) is 3.22. The Morgan fingerprint density at radius 1 is 0.886 bits per heavy atom. The molecule has 5 aromatic rings. The molecular formula is C31H25NO3. The summed E-state index contributed by atoms with van der Waals surface area (Å²) < 4.78 is 7.31. The minimum Gasteiger partial charge on any atom is -0.465 e. The Labute approximate surface area is 203 Å². The van der Waals surface area contributed by atoms with Crippen molar-refractivity contribution in [3.05, 3.63) is 119 Å². The Morgan fingerprint density at radius 3 is 2.46 bits per heavy atom. The molecule has 0 fully saturated rings. The fourth-order valence-electron chi connectivity index (χ4n) is 5.54. The van der Waals surface area contributed by atoms with Crippen molar-refractivity contribution in [1.29, 1.82) is 0 Å². The quantitative estimate of drug-likeness (QED) is 0.287. The minimum atomic E-state index is -0.417. The lowest BCUT2D eigenvalue weighted by molar-refractivity contribution is 0.0603. The highest BCUT2D eigenvalue weighted by Crippen LogP contribution is 2.40. The van der Waals surface area contributed by atoms with Crippen LogP contribution < -0.4 is 0 Å². The SMILES string of the molecule is COC(=O)c1cccc2c1c1c(n2Cc2ccc3ccccc3c2)CC(c2ccccc2)CC1=O. The number of benzene rings is 4. The Balaban J connectivity index is 1.55. The molecule has 0 radical (unpaired) electrons. The van der Waals surface area contributed by atoms with Crippen LogP contribution in [0.3, 0.4) is 0 Å². The molecule has 0 aliphatic heterocycles. The van der Waals surface area contributed by atoms with E-state index in [1.165, 1.54) is 23.4 Å². The van der Waals surface area contributed by atoms with Gasteiger partial charge in [0.1, 0.15) is 0 Å². The Morgan fingerprint density at radius 2 is 1.66 bits per heavy atom. The molecular weight excluding hydrogens is 434 g/mol. The third-order valence-corrected chi connectivity index (χ3v) is 7.18. The third kappa shape index (κ3) is 3.62. The number of ether oxygens (including phenoxy) is 1. The van der Waals surface area contributed by atoms with E-state index in [-0.39, 0.29) is 11.7 Å². The summed E-state index contributed by atoms with van der Waals surface area (Å²) in [7, 11) is 1.38. The summed E-state index contributed by atoms with van der Waals surface area (Å²) in [4.78, 5) is 26.3. The Bertz CT molecular complexity index is 1600. The number of fused-ring (bicyclic) bond motifs is 4. The zero-order valence-corrected chi connectivity index (χ0v) is 19.5. The standard InChI is InChI=1S/C31H25NO3/c1-35-31(34)25-12-7-13-26-29(25)30-27(17-24(18-28(30)33)21-8-3-2-4-9-21)32(26)19-20-14-15-22-10-5-6-11-23(22)16-20/h2-16,24H,17-19H2,1H3. The molecule has 4 nitrogen and oxygen atoms in total. The van der Waals surface area contributed by atoms with Gasteiger partial charge in [0, 0.05) is 29.6 Å². The molecule has 0 amide bonds. The first-order chi connectivity index (χ1) is 17.1. The number of hydrogen-bond donors (Lipinski definition) is 0. The highest BCUT2D eigenvalue weighted by atomic mass is 16.5. The third-order valence-electron chi connectivity index (χ3n) is 7.18. The van der Waals surface area contributed by atoms with Crippen molar-refractivity contribution in [3.63, 3.8) is 0 Å². The fourth-order valence-corrected chi connectivity index (χ4v) is 5.54. The van der Waals surface area contributed by atoms with E-state index in [1.807, 2.05) is 42.5 Å². The molecule has 1 heterocycles. The monoisotopic (exact) mass is 459 g/mol. The van der Waals surface area contributed by atoms with Crippen LogP contribution in [0.4, 0.5) is 0 Å². The van der Waals surface area contributed by atoms with Gasteiger partial charge < -0.3 is 9.30 Å². The van der Waals surface area contributed by atoms with Crippen molar-refractivity contribution in [2.45, 2.75) is 25.3 Å². The van der Waals surface area contributed by atoms with Crippen molar-refractivity contribution in [3.8, 4) is 0 Å². The molecule has 6 rings (SSSR count). The summed E-state index contributed by atoms with van der Waals surface area (Å²) in [6.07, 6.45) is 1.18. The smallest absolute Gasteiger partial charge is 0.338 e. The molecule has 0 spiro atoms. The van der Waals surface area contributed by atoms with Crippen LogP contribution in [-0.2, 0) is 17.7 Å². The first-order valence-corrected chi connectivity index (χ1v) is 11.9. The molecule has 1 aromatic heterocycles. The van der Waals surface area contributed by atoms with Gasteiger partial charge in [-0.2, -0.15) is 0 Å². The molecule has 0 saturated carbocycles. The highest BCUT2D eigenvalue weighted by Gasteiger charge is 2.33. The zero-order valence-electron chi connectivity index (χ0n) is 19.5. The number of rotatable bonds is 4. The number of Topliss-reactive ketones (excluding diaryl/α,β-unsaturated/α-hetero) is 1. The van der Waals surface area contributed by atoms with E-state index in [1.54, 1.807) is 6.07 Å². The number of aromatic nitrogens is 1. The van der Waals surface area contributed by atoms with E-state index in [4.69, 9.17) is 4.74 Å². The Hall–Kier alpha value is -4.18. The van der Waals surface area contributed by atoms with Crippen LogP contribution in [0.2, 0.25) is 0 Å². The van der Waals surface area contributed by atoms with Gasteiger partial charge in [-0.25, -0.2) is 4.79 Å². The molecule has 1 aliphatic rings. The van der Waals surface area contributed by atoms with Gasteiger partial charge in [-0.05, 0) is 52.4 Å². The number of ketones is 1. The highest BCUT2D eigenvalue weighted by molar-refractivity contribution is 6.17. The maximum Gasteiger partial charge on any atom is 0.338 e. The molecule has 1 aliphatic carbocycles. The molecule has 1 atom stereocenters. The Kier molecular flexibility index (Phi) is 5.22. The van der Waals surface area contributed by atoms with Gasteiger partial charge in [-0.1, -0.05) is 72.8 Å². The van der Waals surface area contributed by atoms with E-state index in [2.05, 4.69) is 47.0 Å². The van der Waals surface area contributed by atoms with E-state index in [0.717, 1.165) is 23.2 Å². The average molecular weight is 460 g/mol. The molecule has 0 N–H and O–H groups in total. The normalized spacial score (nSPS) is 15.3. The van der Waals surface area contributed by atoms with Gasteiger partial charge in [-0.3, -0.25) is 4.79 Å². The lowest BCUT2D eigenvalue weighted by Crippen LogP contribution is -2.21. The maximum atomic E-state index is 13.6. The summed E-state index contributed by atoms with van der Waals surface area (Å²) in [5.74, 6) is -0.226. The predicted molar refractivity (Wildman–Crippen MR) is 138 cm³/mol. The van der Waals surface area contributed by atoms with E-state index >= 15 is 0 Å². The van der Waals surface area contributed by atoms with Crippen molar-refractivity contribution in [2.24, 2.45) is 0 Å². The first-order valence-electron chi connectivity index (χ1n) is 11.9. The van der Waals surface area contributed by atoms with Crippen LogP contribution in [0.1, 0.15) is 49.9 Å².